The topological polar surface area (TPSA) is 58.4 Å². The third kappa shape index (κ3) is 4.12. The zero-order chi connectivity index (χ0) is 14.4. The molecule has 1 aromatic heterocycles. The first kappa shape index (κ1) is 14.1. The van der Waals surface area contributed by atoms with Crippen molar-refractivity contribution >= 4 is 11.7 Å². The summed E-state index contributed by atoms with van der Waals surface area (Å²) < 4.78 is 1.99. The first-order chi connectivity index (χ1) is 9.65. The number of nitrogens with zero attached hydrogens (tertiary/aromatic N) is 3. The van der Waals surface area contributed by atoms with Crippen molar-refractivity contribution in [3.63, 3.8) is 0 Å². The Kier molecular flexibility index (Phi) is 4.76. The monoisotopic (exact) mass is 273 g/mol. The van der Waals surface area contributed by atoms with Crippen molar-refractivity contribution in [3.8, 4) is 0 Å². The predicted octanol–water partition coefficient (Wildman–Crippen LogP) is 2.17. The second-order valence-electron chi connectivity index (χ2n) is 4.77. The van der Waals surface area contributed by atoms with Gasteiger partial charge < -0.3 is 14.6 Å². The molecule has 5 heteroatoms. The van der Waals surface area contributed by atoms with Gasteiger partial charge in [0.05, 0.1) is 12.7 Å². The normalized spacial score (nSPS) is 10.4. The van der Waals surface area contributed by atoms with Crippen molar-refractivity contribution in [2.75, 3.05) is 18.0 Å². The molecule has 0 aliphatic heterocycles. The molecule has 0 aliphatic rings. The number of aromatic nitrogens is 2. The fourth-order valence-electron chi connectivity index (χ4n) is 2.01. The first-order valence-electron chi connectivity index (χ1n) is 6.64. The number of anilines is 1. The van der Waals surface area contributed by atoms with Crippen molar-refractivity contribution in [3.05, 3.63) is 48.5 Å². The molecule has 0 aliphatic carbocycles. The fourth-order valence-corrected chi connectivity index (χ4v) is 2.01. The Morgan fingerprint density at radius 3 is 2.65 bits per heavy atom. The molecule has 1 N–H and O–H groups in total. The summed E-state index contributed by atoms with van der Waals surface area (Å²) in [4.78, 5) is 16.9. The average Bonchev–Trinajstić information content (AvgIpc) is 2.93. The molecule has 0 saturated carbocycles. The zero-order valence-corrected chi connectivity index (χ0v) is 11.6. The van der Waals surface area contributed by atoms with Gasteiger partial charge in [0, 0.05) is 37.7 Å². The van der Waals surface area contributed by atoms with Crippen LogP contribution in [0.1, 0.15) is 12.0 Å². The number of rotatable bonds is 7. The third-order valence-corrected chi connectivity index (χ3v) is 3.18. The van der Waals surface area contributed by atoms with Crippen molar-refractivity contribution in [2.24, 2.45) is 0 Å². The number of carboxylic acids is 1. The van der Waals surface area contributed by atoms with Crippen molar-refractivity contribution < 1.29 is 9.90 Å². The number of imidazole rings is 1. The molecule has 20 heavy (non-hydrogen) atoms. The van der Waals surface area contributed by atoms with Crippen molar-refractivity contribution in [1.29, 1.82) is 0 Å². The molecule has 0 radical (unpaired) electrons. The van der Waals surface area contributed by atoms with Gasteiger partial charge in [0.15, 0.2) is 0 Å². The van der Waals surface area contributed by atoms with E-state index in [-0.39, 0.29) is 6.42 Å². The average molecular weight is 273 g/mol. The molecule has 1 heterocycles. The maximum atomic E-state index is 10.8. The maximum absolute atomic E-state index is 10.8. The largest absolute Gasteiger partial charge is 0.481 e. The van der Waals surface area contributed by atoms with Crippen LogP contribution in [0.2, 0.25) is 0 Å². The van der Waals surface area contributed by atoms with E-state index in [1.54, 1.807) is 12.5 Å². The minimum Gasteiger partial charge on any atom is -0.481 e. The van der Waals surface area contributed by atoms with Gasteiger partial charge in [0.2, 0.25) is 0 Å². The molecule has 0 unspecified atom stereocenters. The number of carboxylic acid groups (broad SMARTS) is 1. The molecule has 2 rings (SSSR count). The number of aryl methyl sites for hydroxylation is 1. The lowest BCUT2D eigenvalue weighted by atomic mass is 10.2. The van der Waals surface area contributed by atoms with Gasteiger partial charge >= 0.3 is 5.97 Å². The molecule has 0 amide bonds. The number of hydrogen-bond acceptors (Lipinski definition) is 3. The molecular formula is C15H19N3O2. The van der Waals surface area contributed by atoms with Gasteiger partial charge in [-0.05, 0) is 19.1 Å². The first-order valence-corrected chi connectivity index (χ1v) is 6.64. The van der Waals surface area contributed by atoms with E-state index < -0.39 is 5.97 Å². The van der Waals surface area contributed by atoms with Gasteiger partial charge in [-0.3, -0.25) is 4.79 Å². The fraction of sp³-hybridized carbons (Fsp3) is 0.333. The highest BCUT2D eigenvalue weighted by Gasteiger charge is 2.08. The minimum absolute atomic E-state index is 0.137. The molecule has 0 atom stereocenters. The number of hydrogen-bond donors (Lipinski definition) is 1. The summed E-state index contributed by atoms with van der Waals surface area (Å²) in [6, 6.07) is 8.15. The molecule has 2 aromatic rings. The zero-order valence-electron chi connectivity index (χ0n) is 11.6. The molecule has 1 aromatic carbocycles. The van der Waals surface area contributed by atoms with Gasteiger partial charge in [-0.25, -0.2) is 4.98 Å². The van der Waals surface area contributed by atoms with E-state index in [1.807, 2.05) is 42.0 Å². The van der Waals surface area contributed by atoms with E-state index in [4.69, 9.17) is 5.11 Å². The van der Waals surface area contributed by atoms with E-state index >= 15 is 0 Å². The lowest BCUT2D eigenvalue weighted by Gasteiger charge is -2.24. The number of benzene rings is 1. The summed E-state index contributed by atoms with van der Waals surface area (Å²) in [7, 11) is 0. The van der Waals surface area contributed by atoms with Crippen LogP contribution in [-0.4, -0.2) is 33.7 Å². The van der Waals surface area contributed by atoms with Crippen LogP contribution < -0.4 is 4.90 Å². The van der Waals surface area contributed by atoms with Gasteiger partial charge in [-0.15, -0.1) is 0 Å². The van der Waals surface area contributed by atoms with Crippen LogP contribution in [0.25, 0.3) is 0 Å². The van der Waals surface area contributed by atoms with Crippen molar-refractivity contribution in [2.45, 2.75) is 19.9 Å². The Bertz CT molecular complexity index is 535. The van der Waals surface area contributed by atoms with Crippen LogP contribution in [0.4, 0.5) is 5.69 Å². The van der Waals surface area contributed by atoms with Gasteiger partial charge in [0.25, 0.3) is 0 Å². The Morgan fingerprint density at radius 2 is 2.05 bits per heavy atom. The number of aliphatic carboxylic acids is 1. The van der Waals surface area contributed by atoms with Gasteiger partial charge in [0.1, 0.15) is 0 Å². The SMILES string of the molecule is Cc1ccc(N(CCC(=O)O)CCn2ccnc2)cc1. The molecule has 0 spiro atoms. The van der Waals surface area contributed by atoms with E-state index in [2.05, 4.69) is 9.88 Å². The highest BCUT2D eigenvalue weighted by atomic mass is 16.4. The summed E-state index contributed by atoms with van der Waals surface area (Å²) in [5, 5.41) is 8.86. The predicted molar refractivity (Wildman–Crippen MR) is 77.9 cm³/mol. The lowest BCUT2D eigenvalue weighted by Crippen LogP contribution is -2.29. The Morgan fingerprint density at radius 1 is 1.30 bits per heavy atom. The van der Waals surface area contributed by atoms with E-state index in [0.717, 1.165) is 18.8 Å². The Hall–Kier alpha value is -2.30. The molecule has 106 valence electrons. The van der Waals surface area contributed by atoms with Gasteiger partial charge in [-0.1, -0.05) is 17.7 Å². The Labute approximate surface area is 118 Å². The quantitative estimate of drug-likeness (QED) is 0.840. The summed E-state index contributed by atoms with van der Waals surface area (Å²) >= 11 is 0. The molecule has 0 saturated heterocycles. The molecule has 5 nitrogen and oxygen atoms in total. The van der Waals surface area contributed by atoms with E-state index in [9.17, 15) is 4.79 Å². The highest BCUT2D eigenvalue weighted by molar-refractivity contribution is 5.67. The minimum atomic E-state index is -0.773. The van der Waals surface area contributed by atoms with Crippen LogP contribution >= 0.6 is 0 Å². The molecule has 0 bridgehead atoms. The van der Waals surface area contributed by atoms with Crippen LogP contribution in [0.15, 0.2) is 43.0 Å². The number of carbonyl (C=O) groups is 1. The van der Waals surface area contributed by atoms with Crippen LogP contribution in [0.5, 0.6) is 0 Å². The maximum Gasteiger partial charge on any atom is 0.305 e. The summed E-state index contributed by atoms with van der Waals surface area (Å²) in [6.45, 7) is 4.09. The van der Waals surface area contributed by atoms with Gasteiger partial charge in [-0.2, -0.15) is 0 Å². The Balaban J connectivity index is 2.03. The summed E-state index contributed by atoms with van der Waals surface area (Å²) in [5.74, 6) is -0.773. The highest BCUT2D eigenvalue weighted by Crippen LogP contribution is 2.15. The molecular weight excluding hydrogens is 254 g/mol. The second kappa shape index (κ2) is 6.75. The smallest absolute Gasteiger partial charge is 0.305 e. The van der Waals surface area contributed by atoms with E-state index in [1.165, 1.54) is 5.56 Å². The van der Waals surface area contributed by atoms with Crippen LogP contribution in [-0.2, 0) is 11.3 Å². The summed E-state index contributed by atoms with van der Waals surface area (Å²) in [6.07, 6.45) is 5.56. The lowest BCUT2D eigenvalue weighted by molar-refractivity contribution is -0.136. The van der Waals surface area contributed by atoms with Crippen LogP contribution in [0, 0.1) is 6.92 Å². The van der Waals surface area contributed by atoms with E-state index in [0.29, 0.717) is 6.54 Å². The second-order valence-corrected chi connectivity index (χ2v) is 4.77. The van der Waals surface area contributed by atoms with Crippen LogP contribution in [0.3, 0.4) is 0 Å². The summed E-state index contributed by atoms with van der Waals surface area (Å²) in [5.41, 5.74) is 2.25. The standard InChI is InChI=1S/C15H19N3O2/c1-13-2-4-14(5-3-13)18(8-6-15(19)20)11-10-17-9-7-16-12-17/h2-5,7,9,12H,6,8,10-11H2,1H3,(H,19,20). The third-order valence-electron chi connectivity index (χ3n) is 3.18. The molecule has 0 fully saturated rings. The van der Waals surface area contributed by atoms with Crippen molar-refractivity contribution in [1.82, 2.24) is 9.55 Å².